The Labute approximate surface area is 157 Å². The van der Waals surface area contributed by atoms with Crippen LogP contribution in [0.2, 0.25) is 0 Å². The fourth-order valence-electron chi connectivity index (χ4n) is 4.60. The van der Waals surface area contributed by atoms with Crippen LogP contribution >= 0.6 is 0 Å². The highest BCUT2D eigenvalue weighted by atomic mass is 32.2. The summed E-state index contributed by atoms with van der Waals surface area (Å²) < 4.78 is 60.2. The Kier molecular flexibility index (Phi) is 4.12. The van der Waals surface area contributed by atoms with Crippen molar-refractivity contribution in [3.8, 4) is 0 Å². The maximum Gasteiger partial charge on any atom is 0.282 e. The van der Waals surface area contributed by atoms with Crippen LogP contribution in [0.25, 0.3) is 0 Å². The molecule has 0 unspecified atom stereocenters. The van der Waals surface area contributed by atoms with Crippen molar-refractivity contribution >= 4 is 10.0 Å². The molecule has 4 fully saturated rings. The molecule has 0 aromatic carbocycles. The molecule has 0 amide bonds. The predicted molar refractivity (Wildman–Crippen MR) is 92.1 cm³/mol. The first-order chi connectivity index (χ1) is 12.9. The van der Waals surface area contributed by atoms with E-state index < -0.39 is 22.1 Å². The van der Waals surface area contributed by atoms with E-state index in [1.807, 2.05) is 0 Å². The second-order valence-electron chi connectivity index (χ2n) is 8.41. The normalized spacial score (nSPS) is 27.1. The molecule has 4 heterocycles. The average Bonchev–Trinajstić information content (AvgIpc) is 3.30. The maximum atomic E-state index is 13.0. The van der Waals surface area contributed by atoms with Crippen LogP contribution in [0.4, 0.5) is 8.78 Å². The third-order valence-electron chi connectivity index (χ3n) is 6.25. The van der Waals surface area contributed by atoms with Gasteiger partial charge in [0.15, 0.2) is 5.03 Å². The highest BCUT2D eigenvalue weighted by molar-refractivity contribution is 7.89. The molecule has 0 radical (unpaired) electrons. The molecule has 27 heavy (non-hydrogen) atoms. The van der Waals surface area contributed by atoms with Crippen LogP contribution in [0.1, 0.15) is 43.8 Å². The zero-order chi connectivity index (χ0) is 18.8. The number of halogens is 2. The van der Waals surface area contributed by atoms with E-state index in [1.165, 1.54) is 8.99 Å². The summed E-state index contributed by atoms with van der Waals surface area (Å²) in [7, 11) is -3.78. The van der Waals surface area contributed by atoms with Gasteiger partial charge in [-0.1, -0.05) is 0 Å². The van der Waals surface area contributed by atoms with E-state index >= 15 is 0 Å². The van der Waals surface area contributed by atoms with Crippen molar-refractivity contribution in [2.24, 2.45) is 5.41 Å². The third-order valence-corrected chi connectivity index (χ3v) is 8.02. The third kappa shape index (κ3) is 3.01. The second kappa shape index (κ2) is 6.20. The van der Waals surface area contributed by atoms with Crippen molar-refractivity contribution in [1.82, 2.24) is 19.0 Å². The Morgan fingerprint density at radius 1 is 1.07 bits per heavy atom. The molecule has 0 atom stereocenters. The fraction of sp³-hybridized carbons (Fsp3) is 0.824. The number of hydrogen-bond donors (Lipinski definition) is 0. The van der Waals surface area contributed by atoms with E-state index in [9.17, 15) is 17.2 Å². The van der Waals surface area contributed by atoms with E-state index in [0.29, 0.717) is 19.1 Å². The Morgan fingerprint density at radius 2 is 1.74 bits per heavy atom. The smallest absolute Gasteiger partial charge is 0.282 e. The number of alkyl halides is 2. The lowest BCUT2D eigenvalue weighted by atomic mass is 9.73. The predicted octanol–water partition coefficient (Wildman–Crippen LogP) is 1.64. The number of hydrogen-bond acceptors (Lipinski definition) is 5. The van der Waals surface area contributed by atoms with E-state index in [-0.39, 0.29) is 16.5 Å². The molecule has 3 aliphatic heterocycles. The van der Waals surface area contributed by atoms with Crippen LogP contribution in [-0.4, -0.2) is 72.8 Å². The van der Waals surface area contributed by atoms with Gasteiger partial charge in [0.05, 0.1) is 6.04 Å². The van der Waals surface area contributed by atoms with Crippen LogP contribution in [0.5, 0.6) is 0 Å². The molecule has 1 aromatic heterocycles. The SMILES string of the molecule is O=S(=O)(c1cc(C(F)F)nn1C1CC1)N1CC2(CN(C3CCOCC3)C2)C1. The number of ether oxygens (including phenoxy) is 1. The quantitative estimate of drug-likeness (QED) is 0.749. The first-order valence-corrected chi connectivity index (χ1v) is 11.0. The van der Waals surface area contributed by atoms with Gasteiger partial charge >= 0.3 is 0 Å². The molecule has 0 bridgehead atoms. The van der Waals surface area contributed by atoms with Crippen molar-refractivity contribution in [2.45, 2.75) is 49.2 Å². The molecule has 3 saturated heterocycles. The zero-order valence-electron chi connectivity index (χ0n) is 15.1. The molecular formula is C17H24F2N4O3S. The van der Waals surface area contributed by atoms with Crippen LogP contribution in [0.15, 0.2) is 11.1 Å². The summed E-state index contributed by atoms with van der Waals surface area (Å²) in [5.74, 6) is 0. The van der Waals surface area contributed by atoms with E-state index in [0.717, 1.165) is 58.1 Å². The highest BCUT2D eigenvalue weighted by Crippen LogP contribution is 2.45. The number of sulfonamides is 1. The van der Waals surface area contributed by atoms with Crippen LogP contribution in [-0.2, 0) is 14.8 Å². The van der Waals surface area contributed by atoms with Crippen LogP contribution in [0, 0.1) is 5.41 Å². The number of aromatic nitrogens is 2. The minimum atomic E-state index is -3.78. The fourth-order valence-corrected chi connectivity index (χ4v) is 6.45. The van der Waals surface area contributed by atoms with Gasteiger partial charge in [-0.25, -0.2) is 21.9 Å². The van der Waals surface area contributed by atoms with Crippen molar-refractivity contribution in [2.75, 3.05) is 39.4 Å². The summed E-state index contributed by atoms with van der Waals surface area (Å²) in [5.41, 5.74) is -0.425. The Hall–Kier alpha value is -1.10. The highest BCUT2D eigenvalue weighted by Gasteiger charge is 2.57. The molecular weight excluding hydrogens is 378 g/mol. The van der Waals surface area contributed by atoms with Crippen LogP contribution in [0.3, 0.4) is 0 Å². The lowest BCUT2D eigenvalue weighted by Gasteiger charge is -2.61. The molecule has 1 saturated carbocycles. The maximum absolute atomic E-state index is 13.0. The van der Waals surface area contributed by atoms with Crippen molar-refractivity contribution in [3.63, 3.8) is 0 Å². The number of likely N-dealkylation sites (tertiary alicyclic amines) is 1. The zero-order valence-corrected chi connectivity index (χ0v) is 15.9. The van der Waals surface area contributed by atoms with Crippen molar-refractivity contribution in [1.29, 1.82) is 0 Å². The van der Waals surface area contributed by atoms with Gasteiger partial charge in [-0.15, -0.1) is 0 Å². The molecule has 7 nitrogen and oxygen atoms in total. The average molecular weight is 402 g/mol. The molecule has 150 valence electrons. The summed E-state index contributed by atoms with van der Waals surface area (Å²) in [5, 5.41) is 3.79. The van der Waals surface area contributed by atoms with Gasteiger partial charge in [0, 0.05) is 56.9 Å². The number of rotatable bonds is 5. The summed E-state index contributed by atoms with van der Waals surface area (Å²) >= 11 is 0. The first kappa shape index (κ1) is 18.0. The molecule has 1 aromatic rings. The van der Waals surface area contributed by atoms with Crippen LogP contribution < -0.4 is 0 Å². The van der Waals surface area contributed by atoms with Gasteiger partial charge in [-0.3, -0.25) is 4.90 Å². The topological polar surface area (TPSA) is 67.7 Å². The monoisotopic (exact) mass is 402 g/mol. The summed E-state index contributed by atoms with van der Waals surface area (Å²) in [6.45, 7) is 4.35. The van der Waals surface area contributed by atoms with E-state index in [4.69, 9.17) is 4.74 Å². The molecule has 1 spiro atoms. The van der Waals surface area contributed by atoms with Crippen molar-refractivity contribution < 1.29 is 21.9 Å². The van der Waals surface area contributed by atoms with Gasteiger partial charge in [-0.05, 0) is 25.7 Å². The molecule has 0 N–H and O–H groups in total. The molecule has 5 rings (SSSR count). The van der Waals surface area contributed by atoms with E-state index in [2.05, 4.69) is 10.00 Å². The van der Waals surface area contributed by atoms with Gasteiger partial charge in [-0.2, -0.15) is 9.40 Å². The first-order valence-electron chi connectivity index (χ1n) is 9.58. The Balaban J connectivity index is 1.27. The largest absolute Gasteiger partial charge is 0.381 e. The number of nitrogens with zero attached hydrogens (tertiary/aromatic N) is 4. The van der Waals surface area contributed by atoms with E-state index in [1.54, 1.807) is 0 Å². The summed E-state index contributed by atoms with van der Waals surface area (Å²) in [6.07, 6.45) is 0.888. The van der Waals surface area contributed by atoms with Gasteiger partial charge < -0.3 is 4.74 Å². The standard InChI is InChI=1S/C17H24F2N4O3S/c18-16(19)14-7-15(23(20-14)13-1-2-13)27(24,25)22-10-17(11-22)8-21(9-17)12-3-5-26-6-4-12/h7,12-13,16H,1-6,8-11H2. The lowest BCUT2D eigenvalue weighted by molar-refractivity contribution is -0.116. The minimum Gasteiger partial charge on any atom is -0.381 e. The Bertz CT molecular complexity index is 819. The van der Waals surface area contributed by atoms with Gasteiger partial charge in [0.1, 0.15) is 5.69 Å². The molecule has 4 aliphatic rings. The summed E-state index contributed by atoms with van der Waals surface area (Å²) in [6, 6.07) is 1.53. The van der Waals surface area contributed by atoms with Gasteiger partial charge in [0.2, 0.25) is 0 Å². The van der Waals surface area contributed by atoms with Gasteiger partial charge in [0.25, 0.3) is 16.4 Å². The molecule has 1 aliphatic carbocycles. The van der Waals surface area contributed by atoms with Crippen molar-refractivity contribution in [3.05, 3.63) is 11.8 Å². The second-order valence-corrected chi connectivity index (χ2v) is 10.3. The lowest BCUT2D eigenvalue weighted by Crippen LogP contribution is -2.74. The summed E-state index contributed by atoms with van der Waals surface area (Å²) in [4.78, 5) is 2.43. The molecule has 10 heteroatoms. The Morgan fingerprint density at radius 3 is 2.33 bits per heavy atom. The minimum absolute atomic E-state index is 0.0291.